The smallest absolute Gasteiger partial charge is 0.335 e. The van der Waals surface area contributed by atoms with E-state index in [-0.39, 0.29) is 5.56 Å². The second-order valence-electron chi connectivity index (χ2n) is 4.17. The predicted molar refractivity (Wildman–Crippen MR) is 68.0 cm³/mol. The Kier molecular flexibility index (Phi) is 3.02. The van der Waals surface area contributed by atoms with E-state index in [1.807, 2.05) is 19.9 Å². The van der Waals surface area contributed by atoms with Crippen LogP contribution >= 0.6 is 0 Å². The summed E-state index contributed by atoms with van der Waals surface area (Å²) in [5, 5.41) is 8.98. The van der Waals surface area contributed by atoms with E-state index in [9.17, 15) is 9.59 Å². The number of hydrogen-bond acceptors (Lipinski definition) is 2. The SMILES string of the molecule is Cc1[nH]c(C=O)c(C)c1-c1cccc(C(=O)O)c1. The molecular formula is C14H13NO3. The Morgan fingerprint density at radius 3 is 2.61 bits per heavy atom. The Morgan fingerprint density at radius 1 is 1.33 bits per heavy atom. The summed E-state index contributed by atoms with van der Waals surface area (Å²) < 4.78 is 0. The van der Waals surface area contributed by atoms with E-state index in [4.69, 9.17) is 5.11 Å². The molecule has 92 valence electrons. The molecule has 0 fully saturated rings. The summed E-state index contributed by atoms with van der Waals surface area (Å²) in [6.07, 6.45) is 0.771. The summed E-state index contributed by atoms with van der Waals surface area (Å²) in [6.45, 7) is 3.71. The van der Waals surface area contributed by atoms with E-state index in [0.717, 1.165) is 28.7 Å². The summed E-state index contributed by atoms with van der Waals surface area (Å²) in [5.41, 5.74) is 4.15. The zero-order chi connectivity index (χ0) is 13.3. The zero-order valence-electron chi connectivity index (χ0n) is 10.2. The average Bonchev–Trinajstić information content (AvgIpc) is 2.64. The van der Waals surface area contributed by atoms with Gasteiger partial charge in [0.1, 0.15) is 0 Å². The van der Waals surface area contributed by atoms with Gasteiger partial charge in [-0.15, -0.1) is 0 Å². The first-order valence-electron chi connectivity index (χ1n) is 5.52. The van der Waals surface area contributed by atoms with Crippen molar-refractivity contribution in [3.05, 3.63) is 46.8 Å². The number of carboxylic acid groups (broad SMARTS) is 1. The van der Waals surface area contributed by atoms with Gasteiger partial charge in [-0.1, -0.05) is 12.1 Å². The fourth-order valence-electron chi connectivity index (χ4n) is 2.13. The van der Waals surface area contributed by atoms with E-state index >= 15 is 0 Å². The molecule has 4 heteroatoms. The van der Waals surface area contributed by atoms with Crippen molar-refractivity contribution in [2.24, 2.45) is 0 Å². The van der Waals surface area contributed by atoms with Gasteiger partial charge in [-0.3, -0.25) is 4.79 Å². The number of benzene rings is 1. The van der Waals surface area contributed by atoms with Crippen LogP contribution < -0.4 is 0 Å². The van der Waals surface area contributed by atoms with Crippen LogP contribution in [0.25, 0.3) is 11.1 Å². The first-order chi connectivity index (χ1) is 8.54. The van der Waals surface area contributed by atoms with Crippen LogP contribution in [-0.2, 0) is 0 Å². The number of carbonyl (C=O) groups is 2. The standard InChI is InChI=1S/C14H13NO3/c1-8-12(7-16)15-9(2)13(8)10-4-3-5-11(6-10)14(17)18/h3-7,15H,1-2H3,(H,17,18). The fraction of sp³-hybridized carbons (Fsp3) is 0.143. The van der Waals surface area contributed by atoms with Crippen molar-refractivity contribution in [1.29, 1.82) is 0 Å². The van der Waals surface area contributed by atoms with Crippen molar-refractivity contribution in [2.75, 3.05) is 0 Å². The van der Waals surface area contributed by atoms with Crippen LogP contribution in [0.5, 0.6) is 0 Å². The van der Waals surface area contributed by atoms with Gasteiger partial charge in [0.25, 0.3) is 0 Å². The average molecular weight is 243 g/mol. The number of aromatic carboxylic acids is 1. The van der Waals surface area contributed by atoms with Crippen molar-refractivity contribution in [3.63, 3.8) is 0 Å². The Balaban J connectivity index is 2.62. The molecule has 0 saturated heterocycles. The second-order valence-corrected chi connectivity index (χ2v) is 4.17. The highest BCUT2D eigenvalue weighted by Crippen LogP contribution is 2.29. The van der Waals surface area contributed by atoms with Crippen molar-refractivity contribution in [1.82, 2.24) is 4.98 Å². The van der Waals surface area contributed by atoms with Gasteiger partial charge in [-0.2, -0.15) is 0 Å². The molecule has 1 heterocycles. The summed E-state index contributed by atoms with van der Waals surface area (Å²) in [6, 6.07) is 6.69. The van der Waals surface area contributed by atoms with Gasteiger partial charge in [-0.05, 0) is 37.1 Å². The zero-order valence-corrected chi connectivity index (χ0v) is 10.2. The van der Waals surface area contributed by atoms with Crippen LogP contribution in [-0.4, -0.2) is 22.3 Å². The van der Waals surface area contributed by atoms with Gasteiger partial charge in [0.05, 0.1) is 11.3 Å². The van der Waals surface area contributed by atoms with E-state index in [2.05, 4.69) is 4.98 Å². The molecule has 0 aliphatic heterocycles. The topological polar surface area (TPSA) is 70.2 Å². The summed E-state index contributed by atoms with van der Waals surface area (Å²) >= 11 is 0. The minimum Gasteiger partial charge on any atom is -0.478 e. The van der Waals surface area contributed by atoms with Crippen molar-refractivity contribution < 1.29 is 14.7 Å². The molecule has 0 spiro atoms. The summed E-state index contributed by atoms with van der Waals surface area (Å²) in [5.74, 6) is -0.960. The van der Waals surface area contributed by atoms with Gasteiger partial charge in [0.2, 0.25) is 0 Å². The van der Waals surface area contributed by atoms with E-state index in [0.29, 0.717) is 5.69 Å². The molecule has 0 bridgehead atoms. The Labute approximate surface area is 104 Å². The van der Waals surface area contributed by atoms with Crippen molar-refractivity contribution in [3.8, 4) is 11.1 Å². The third-order valence-electron chi connectivity index (χ3n) is 2.99. The second kappa shape index (κ2) is 4.49. The van der Waals surface area contributed by atoms with Gasteiger partial charge in [-0.25, -0.2) is 4.79 Å². The maximum absolute atomic E-state index is 11.0. The van der Waals surface area contributed by atoms with Gasteiger partial charge in [0.15, 0.2) is 6.29 Å². The van der Waals surface area contributed by atoms with Gasteiger partial charge >= 0.3 is 5.97 Å². The normalized spacial score (nSPS) is 10.3. The van der Waals surface area contributed by atoms with Crippen LogP contribution in [0, 0.1) is 13.8 Å². The Morgan fingerprint density at radius 2 is 2.06 bits per heavy atom. The first-order valence-corrected chi connectivity index (χ1v) is 5.52. The van der Waals surface area contributed by atoms with E-state index < -0.39 is 5.97 Å². The molecule has 18 heavy (non-hydrogen) atoms. The lowest BCUT2D eigenvalue weighted by Gasteiger charge is -2.04. The molecule has 1 aromatic heterocycles. The number of aromatic amines is 1. The molecule has 2 rings (SSSR count). The minimum atomic E-state index is -0.960. The summed E-state index contributed by atoms with van der Waals surface area (Å²) in [4.78, 5) is 24.8. The highest BCUT2D eigenvalue weighted by molar-refractivity contribution is 5.90. The lowest BCUT2D eigenvalue weighted by atomic mass is 9.99. The summed E-state index contributed by atoms with van der Waals surface area (Å²) in [7, 11) is 0. The highest BCUT2D eigenvalue weighted by Gasteiger charge is 2.14. The lowest BCUT2D eigenvalue weighted by Crippen LogP contribution is -1.96. The van der Waals surface area contributed by atoms with Crippen LogP contribution in [0.4, 0.5) is 0 Å². The molecule has 0 atom stereocenters. The van der Waals surface area contributed by atoms with Crippen LogP contribution in [0.2, 0.25) is 0 Å². The number of aldehydes is 1. The lowest BCUT2D eigenvalue weighted by molar-refractivity contribution is 0.0696. The third-order valence-corrected chi connectivity index (χ3v) is 2.99. The molecule has 0 radical (unpaired) electrons. The minimum absolute atomic E-state index is 0.236. The number of carbonyl (C=O) groups excluding carboxylic acids is 1. The number of aromatic nitrogens is 1. The van der Waals surface area contributed by atoms with Gasteiger partial charge in [0, 0.05) is 11.3 Å². The molecule has 2 N–H and O–H groups in total. The van der Waals surface area contributed by atoms with E-state index in [1.165, 1.54) is 0 Å². The molecule has 1 aromatic carbocycles. The molecule has 0 aliphatic rings. The molecule has 0 aliphatic carbocycles. The molecule has 0 amide bonds. The highest BCUT2D eigenvalue weighted by atomic mass is 16.4. The largest absolute Gasteiger partial charge is 0.478 e. The third kappa shape index (κ3) is 1.93. The Hall–Kier alpha value is -2.36. The molecule has 0 unspecified atom stereocenters. The van der Waals surface area contributed by atoms with Crippen LogP contribution in [0.15, 0.2) is 24.3 Å². The monoisotopic (exact) mass is 243 g/mol. The molecular weight excluding hydrogens is 230 g/mol. The number of hydrogen-bond donors (Lipinski definition) is 2. The Bertz CT molecular complexity index is 626. The molecule has 0 saturated carbocycles. The number of aryl methyl sites for hydroxylation is 1. The maximum Gasteiger partial charge on any atom is 0.335 e. The van der Waals surface area contributed by atoms with Crippen molar-refractivity contribution >= 4 is 12.3 Å². The van der Waals surface area contributed by atoms with E-state index in [1.54, 1.807) is 18.2 Å². The van der Waals surface area contributed by atoms with Crippen molar-refractivity contribution in [2.45, 2.75) is 13.8 Å². The maximum atomic E-state index is 11.0. The predicted octanol–water partition coefficient (Wildman–Crippen LogP) is 2.81. The number of carboxylic acids is 1. The number of rotatable bonds is 3. The number of H-pyrrole nitrogens is 1. The molecule has 2 aromatic rings. The number of nitrogens with one attached hydrogen (secondary N) is 1. The van der Waals surface area contributed by atoms with Crippen LogP contribution in [0.1, 0.15) is 32.1 Å². The van der Waals surface area contributed by atoms with Gasteiger partial charge < -0.3 is 10.1 Å². The first kappa shape index (κ1) is 12.1. The quantitative estimate of drug-likeness (QED) is 0.814. The molecule has 4 nitrogen and oxygen atoms in total. The van der Waals surface area contributed by atoms with Crippen LogP contribution in [0.3, 0.4) is 0 Å². The fourth-order valence-corrected chi connectivity index (χ4v) is 2.13.